The molecule has 4 nitrogen and oxygen atoms in total. The van der Waals surface area contributed by atoms with Gasteiger partial charge in [-0.1, -0.05) is 6.42 Å². The third-order valence-corrected chi connectivity index (χ3v) is 6.09. The molecule has 90 valence electrons. The van der Waals surface area contributed by atoms with E-state index in [4.69, 9.17) is 5.73 Å². The molecule has 0 atom stereocenters. The highest BCUT2D eigenvalue weighted by molar-refractivity contribution is 7.89. The number of nitrogens with zero attached hydrogens (tertiary/aromatic N) is 1. The molecule has 1 aromatic heterocycles. The molecular weight excluding hydrogens is 244 g/mol. The number of sulfonamides is 1. The van der Waals surface area contributed by atoms with E-state index in [-0.39, 0.29) is 6.04 Å². The van der Waals surface area contributed by atoms with Crippen molar-refractivity contribution in [3.63, 3.8) is 0 Å². The van der Waals surface area contributed by atoms with Crippen molar-refractivity contribution in [2.24, 2.45) is 5.73 Å². The van der Waals surface area contributed by atoms with E-state index in [9.17, 15) is 8.42 Å². The quantitative estimate of drug-likeness (QED) is 0.889. The van der Waals surface area contributed by atoms with E-state index in [0.717, 1.165) is 24.1 Å². The van der Waals surface area contributed by atoms with Crippen molar-refractivity contribution in [3.8, 4) is 0 Å². The van der Waals surface area contributed by atoms with Gasteiger partial charge in [-0.15, -0.1) is 11.3 Å². The Hall–Kier alpha value is -0.430. The maximum absolute atomic E-state index is 12.2. The molecule has 0 bridgehead atoms. The summed E-state index contributed by atoms with van der Waals surface area (Å²) in [4.78, 5) is 1.29. The molecule has 0 spiro atoms. The molecule has 2 rings (SSSR count). The fourth-order valence-electron chi connectivity index (χ4n) is 1.72. The van der Waals surface area contributed by atoms with E-state index < -0.39 is 10.0 Å². The molecule has 0 saturated heterocycles. The molecule has 0 amide bonds. The van der Waals surface area contributed by atoms with Gasteiger partial charge in [0.15, 0.2) is 0 Å². The van der Waals surface area contributed by atoms with Gasteiger partial charge in [-0.25, -0.2) is 8.42 Å². The third kappa shape index (κ3) is 2.02. The Labute approximate surface area is 100 Å². The van der Waals surface area contributed by atoms with Crippen LogP contribution in [0.4, 0.5) is 0 Å². The molecule has 0 radical (unpaired) electrons. The number of hydrogen-bond donors (Lipinski definition) is 1. The van der Waals surface area contributed by atoms with Crippen molar-refractivity contribution < 1.29 is 8.42 Å². The highest BCUT2D eigenvalue weighted by atomic mass is 32.2. The Balaban J connectivity index is 2.23. The monoisotopic (exact) mass is 260 g/mol. The van der Waals surface area contributed by atoms with Gasteiger partial charge in [0.2, 0.25) is 10.0 Å². The predicted molar refractivity (Wildman–Crippen MR) is 64.8 cm³/mol. The van der Waals surface area contributed by atoms with Crippen molar-refractivity contribution in [1.82, 2.24) is 4.31 Å². The molecule has 2 N–H and O–H groups in total. The summed E-state index contributed by atoms with van der Waals surface area (Å²) < 4.78 is 25.9. The summed E-state index contributed by atoms with van der Waals surface area (Å²) in [7, 11) is -1.63. The molecular formula is C10H16N2O2S2. The van der Waals surface area contributed by atoms with E-state index in [1.807, 2.05) is 0 Å². The Kier molecular flexibility index (Phi) is 3.34. The van der Waals surface area contributed by atoms with Gasteiger partial charge < -0.3 is 5.73 Å². The standard InChI is InChI=1S/C10H16N2O2S2/c1-12(8-3-2-4-8)16(13,14)10-5-9(6-11)15-7-10/h5,7-8H,2-4,6,11H2,1H3. The molecule has 1 aliphatic carbocycles. The second-order valence-electron chi connectivity index (χ2n) is 4.06. The second-order valence-corrected chi connectivity index (χ2v) is 7.05. The highest BCUT2D eigenvalue weighted by Crippen LogP contribution is 2.29. The van der Waals surface area contributed by atoms with Gasteiger partial charge in [0, 0.05) is 29.9 Å². The maximum atomic E-state index is 12.2. The van der Waals surface area contributed by atoms with E-state index in [1.165, 1.54) is 15.6 Å². The lowest BCUT2D eigenvalue weighted by Gasteiger charge is -2.33. The van der Waals surface area contributed by atoms with Crippen molar-refractivity contribution in [1.29, 1.82) is 0 Å². The van der Waals surface area contributed by atoms with Crippen LogP contribution >= 0.6 is 11.3 Å². The minimum atomic E-state index is -3.30. The number of hydrogen-bond acceptors (Lipinski definition) is 4. The van der Waals surface area contributed by atoms with Crippen LogP contribution in [0, 0.1) is 0 Å². The van der Waals surface area contributed by atoms with Crippen LogP contribution < -0.4 is 5.73 Å². The smallest absolute Gasteiger partial charge is 0.243 e. The molecule has 0 unspecified atom stereocenters. The maximum Gasteiger partial charge on any atom is 0.243 e. The van der Waals surface area contributed by atoms with Gasteiger partial charge in [-0.2, -0.15) is 4.31 Å². The molecule has 16 heavy (non-hydrogen) atoms. The summed E-state index contributed by atoms with van der Waals surface area (Å²) in [5.41, 5.74) is 5.48. The molecule has 1 saturated carbocycles. The first-order valence-electron chi connectivity index (χ1n) is 5.31. The first-order valence-corrected chi connectivity index (χ1v) is 7.63. The lowest BCUT2D eigenvalue weighted by atomic mass is 9.94. The number of thiophene rings is 1. The van der Waals surface area contributed by atoms with Gasteiger partial charge >= 0.3 is 0 Å². The Morgan fingerprint density at radius 3 is 2.69 bits per heavy atom. The van der Waals surface area contributed by atoms with Crippen molar-refractivity contribution in [2.45, 2.75) is 36.7 Å². The molecule has 6 heteroatoms. The van der Waals surface area contributed by atoms with Gasteiger partial charge in [0.05, 0.1) is 4.90 Å². The SMILES string of the molecule is CN(C1CCC1)S(=O)(=O)c1csc(CN)c1. The zero-order valence-electron chi connectivity index (χ0n) is 9.22. The Morgan fingerprint density at radius 1 is 1.56 bits per heavy atom. The summed E-state index contributed by atoms with van der Waals surface area (Å²) in [5, 5.41) is 1.67. The van der Waals surface area contributed by atoms with Crippen LogP contribution in [0.25, 0.3) is 0 Å². The fraction of sp³-hybridized carbons (Fsp3) is 0.600. The van der Waals surface area contributed by atoms with E-state index in [1.54, 1.807) is 18.5 Å². The van der Waals surface area contributed by atoms with Crippen molar-refractivity contribution in [3.05, 3.63) is 16.3 Å². The summed E-state index contributed by atoms with van der Waals surface area (Å²) >= 11 is 1.40. The third-order valence-electron chi connectivity index (χ3n) is 3.10. The molecule has 1 heterocycles. The largest absolute Gasteiger partial charge is 0.326 e. The first kappa shape index (κ1) is 12.0. The Morgan fingerprint density at radius 2 is 2.25 bits per heavy atom. The van der Waals surface area contributed by atoms with E-state index in [2.05, 4.69) is 0 Å². The van der Waals surface area contributed by atoms with Gasteiger partial charge in [-0.3, -0.25) is 0 Å². The van der Waals surface area contributed by atoms with Crippen LogP contribution in [-0.2, 0) is 16.6 Å². The number of rotatable bonds is 4. The van der Waals surface area contributed by atoms with Crippen LogP contribution in [0.2, 0.25) is 0 Å². The first-order chi connectivity index (χ1) is 7.55. The highest BCUT2D eigenvalue weighted by Gasteiger charge is 2.32. The fourth-order valence-corrected chi connectivity index (χ4v) is 4.27. The normalized spacial score (nSPS) is 17.7. The van der Waals surface area contributed by atoms with Crippen LogP contribution in [0.15, 0.2) is 16.3 Å². The summed E-state index contributed by atoms with van der Waals surface area (Å²) in [6.45, 7) is 0.396. The summed E-state index contributed by atoms with van der Waals surface area (Å²) in [5.74, 6) is 0. The number of nitrogens with two attached hydrogens (primary N) is 1. The Bertz CT molecular complexity index is 463. The van der Waals surface area contributed by atoms with Crippen LogP contribution in [0.3, 0.4) is 0 Å². The van der Waals surface area contributed by atoms with E-state index >= 15 is 0 Å². The van der Waals surface area contributed by atoms with Crippen LogP contribution in [-0.4, -0.2) is 25.8 Å². The predicted octanol–water partition coefficient (Wildman–Crippen LogP) is 1.38. The lowest BCUT2D eigenvalue weighted by molar-refractivity contribution is 0.250. The molecule has 0 aromatic carbocycles. The summed E-state index contributed by atoms with van der Waals surface area (Å²) in [6.07, 6.45) is 3.08. The molecule has 0 aliphatic heterocycles. The van der Waals surface area contributed by atoms with Crippen molar-refractivity contribution in [2.75, 3.05) is 7.05 Å². The summed E-state index contributed by atoms with van der Waals surface area (Å²) in [6, 6.07) is 1.86. The zero-order valence-corrected chi connectivity index (χ0v) is 10.9. The van der Waals surface area contributed by atoms with Crippen molar-refractivity contribution >= 4 is 21.4 Å². The van der Waals surface area contributed by atoms with Crippen LogP contribution in [0.1, 0.15) is 24.1 Å². The minimum Gasteiger partial charge on any atom is -0.326 e. The topological polar surface area (TPSA) is 63.4 Å². The minimum absolute atomic E-state index is 0.186. The van der Waals surface area contributed by atoms with Gasteiger partial charge in [0.1, 0.15) is 0 Å². The lowest BCUT2D eigenvalue weighted by Crippen LogP contribution is -2.41. The zero-order chi connectivity index (χ0) is 11.8. The average molecular weight is 260 g/mol. The van der Waals surface area contributed by atoms with E-state index in [0.29, 0.717) is 11.4 Å². The molecule has 1 fully saturated rings. The second kappa shape index (κ2) is 4.44. The van der Waals surface area contributed by atoms with Crippen LogP contribution in [0.5, 0.6) is 0 Å². The van der Waals surface area contributed by atoms with Gasteiger partial charge in [0.25, 0.3) is 0 Å². The average Bonchev–Trinajstić information content (AvgIpc) is 2.63. The van der Waals surface area contributed by atoms with Gasteiger partial charge in [-0.05, 0) is 18.9 Å². The molecule has 1 aliphatic rings. The molecule has 1 aromatic rings.